The molecular formula is C29H44N2. The van der Waals surface area contributed by atoms with Crippen LogP contribution in [0.3, 0.4) is 0 Å². The van der Waals surface area contributed by atoms with Crippen molar-refractivity contribution in [2.45, 2.75) is 67.3 Å². The molecule has 0 saturated carbocycles. The van der Waals surface area contributed by atoms with Gasteiger partial charge in [0.25, 0.3) is 0 Å². The van der Waals surface area contributed by atoms with Crippen LogP contribution in [0.4, 0.5) is 0 Å². The van der Waals surface area contributed by atoms with Crippen LogP contribution in [0.25, 0.3) is 5.70 Å². The molecule has 1 unspecified atom stereocenters. The Morgan fingerprint density at radius 3 is 2.32 bits per heavy atom. The second kappa shape index (κ2) is 12.1. The zero-order valence-corrected chi connectivity index (χ0v) is 21.0. The van der Waals surface area contributed by atoms with Gasteiger partial charge in [0.1, 0.15) is 0 Å². The predicted octanol–water partition coefficient (Wildman–Crippen LogP) is 6.85. The SMILES string of the molecule is C=C(NC(CN(CCC)CC(C)C)C(C)C)c1ccc(Cc2cccc(C)c2)c(C)c1. The molecule has 2 aromatic rings. The van der Waals surface area contributed by atoms with Gasteiger partial charge in [-0.1, -0.05) is 83.2 Å². The third-order valence-electron chi connectivity index (χ3n) is 5.95. The van der Waals surface area contributed by atoms with Crippen LogP contribution in [0.15, 0.2) is 49.0 Å². The van der Waals surface area contributed by atoms with Crippen molar-refractivity contribution in [1.82, 2.24) is 10.2 Å². The molecule has 0 aliphatic heterocycles. The molecule has 31 heavy (non-hydrogen) atoms. The molecule has 0 amide bonds. The minimum Gasteiger partial charge on any atom is -0.381 e. The fourth-order valence-corrected chi connectivity index (χ4v) is 4.22. The Labute approximate surface area is 191 Å². The van der Waals surface area contributed by atoms with Gasteiger partial charge in [-0.05, 0) is 73.4 Å². The third kappa shape index (κ3) is 8.18. The molecule has 0 radical (unpaired) electrons. The summed E-state index contributed by atoms with van der Waals surface area (Å²) in [5.41, 5.74) is 7.63. The van der Waals surface area contributed by atoms with Crippen molar-refractivity contribution < 1.29 is 0 Å². The van der Waals surface area contributed by atoms with Gasteiger partial charge in [0.2, 0.25) is 0 Å². The summed E-state index contributed by atoms with van der Waals surface area (Å²) in [6.45, 7) is 23.6. The molecule has 1 atom stereocenters. The Bertz CT molecular complexity index is 834. The van der Waals surface area contributed by atoms with Gasteiger partial charge >= 0.3 is 0 Å². The van der Waals surface area contributed by atoms with E-state index in [9.17, 15) is 0 Å². The lowest BCUT2D eigenvalue weighted by molar-refractivity contribution is 0.207. The van der Waals surface area contributed by atoms with Crippen LogP contribution in [0, 0.1) is 25.7 Å². The van der Waals surface area contributed by atoms with Crippen molar-refractivity contribution in [1.29, 1.82) is 0 Å². The van der Waals surface area contributed by atoms with Gasteiger partial charge in [-0.2, -0.15) is 0 Å². The summed E-state index contributed by atoms with van der Waals surface area (Å²) in [5.74, 6) is 1.23. The van der Waals surface area contributed by atoms with Gasteiger partial charge in [-0.3, -0.25) is 0 Å². The molecule has 0 saturated heterocycles. The van der Waals surface area contributed by atoms with E-state index in [4.69, 9.17) is 0 Å². The summed E-state index contributed by atoms with van der Waals surface area (Å²) in [6.07, 6.45) is 2.17. The van der Waals surface area contributed by atoms with Crippen LogP contribution in [0.1, 0.15) is 68.9 Å². The van der Waals surface area contributed by atoms with Crippen LogP contribution >= 0.6 is 0 Å². The minimum atomic E-state index is 0.394. The van der Waals surface area contributed by atoms with Crippen LogP contribution in [0.2, 0.25) is 0 Å². The van der Waals surface area contributed by atoms with Gasteiger partial charge < -0.3 is 10.2 Å². The van der Waals surface area contributed by atoms with Gasteiger partial charge in [0.15, 0.2) is 0 Å². The maximum atomic E-state index is 4.40. The third-order valence-corrected chi connectivity index (χ3v) is 5.95. The summed E-state index contributed by atoms with van der Waals surface area (Å²) in [6, 6.07) is 16.0. The lowest BCUT2D eigenvalue weighted by Crippen LogP contribution is -2.44. The van der Waals surface area contributed by atoms with Gasteiger partial charge in [0.05, 0.1) is 0 Å². The van der Waals surface area contributed by atoms with Crippen molar-refractivity contribution in [2.75, 3.05) is 19.6 Å². The highest BCUT2D eigenvalue weighted by Crippen LogP contribution is 2.21. The quantitative estimate of drug-likeness (QED) is 0.404. The van der Waals surface area contributed by atoms with E-state index < -0.39 is 0 Å². The molecule has 1 N–H and O–H groups in total. The van der Waals surface area contributed by atoms with Crippen molar-refractivity contribution in [2.24, 2.45) is 11.8 Å². The van der Waals surface area contributed by atoms with Crippen molar-refractivity contribution >= 4 is 5.70 Å². The Morgan fingerprint density at radius 1 is 1.00 bits per heavy atom. The average molecular weight is 421 g/mol. The topological polar surface area (TPSA) is 15.3 Å². The highest BCUT2D eigenvalue weighted by molar-refractivity contribution is 5.63. The van der Waals surface area contributed by atoms with E-state index >= 15 is 0 Å². The summed E-state index contributed by atoms with van der Waals surface area (Å²) >= 11 is 0. The molecule has 0 bridgehead atoms. The predicted molar refractivity (Wildman–Crippen MR) is 138 cm³/mol. The van der Waals surface area contributed by atoms with E-state index in [1.54, 1.807) is 0 Å². The van der Waals surface area contributed by atoms with E-state index in [1.165, 1.54) is 34.2 Å². The summed E-state index contributed by atoms with van der Waals surface area (Å²) in [4.78, 5) is 2.60. The number of hydrogen-bond acceptors (Lipinski definition) is 2. The summed E-state index contributed by atoms with van der Waals surface area (Å²) in [5, 5.41) is 3.76. The highest BCUT2D eigenvalue weighted by Gasteiger charge is 2.19. The highest BCUT2D eigenvalue weighted by atomic mass is 15.2. The standard InChI is InChI=1S/C29H44N2/c1-9-15-31(19-21(2)3)20-29(22(4)5)30-25(8)28-14-13-27(24(7)17-28)18-26-12-10-11-23(6)16-26/h10-14,16-17,21-22,29-30H,8-9,15,18-20H2,1-7H3. The van der Waals surface area contributed by atoms with E-state index in [0.29, 0.717) is 17.9 Å². The second-order valence-electron chi connectivity index (χ2n) is 9.93. The van der Waals surface area contributed by atoms with Crippen LogP contribution in [-0.2, 0) is 6.42 Å². The molecule has 0 heterocycles. The molecule has 2 aromatic carbocycles. The first-order chi connectivity index (χ1) is 14.7. The van der Waals surface area contributed by atoms with Gasteiger partial charge in [0, 0.05) is 24.8 Å². The van der Waals surface area contributed by atoms with Crippen molar-refractivity contribution in [3.63, 3.8) is 0 Å². The Morgan fingerprint density at radius 2 is 1.74 bits per heavy atom. The normalized spacial score (nSPS) is 12.6. The first kappa shape index (κ1) is 25.2. The first-order valence-corrected chi connectivity index (χ1v) is 12.0. The summed E-state index contributed by atoms with van der Waals surface area (Å²) < 4.78 is 0. The number of nitrogens with zero attached hydrogens (tertiary/aromatic N) is 1. The second-order valence-corrected chi connectivity index (χ2v) is 9.93. The Kier molecular flexibility index (Phi) is 9.84. The lowest BCUT2D eigenvalue weighted by Gasteiger charge is -2.32. The number of aryl methyl sites for hydroxylation is 2. The minimum absolute atomic E-state index is 0.394. The molecule has 0 spiro atoms. The number of rotatable bonds is 12. The lowest BCUT2D eigenvalue weighted by atomic mass is 9.96. The van der Waals surface area contributed by atoms with Gasteiger partial charge in [-0.25, -0.2) is 0 Å². The van der Waals surface area contributed by atoms with Crippen LogP contribution in [-0.4, -0.2) is 30.6 Å². The zero-order chi connectivity index (χ0) is 23.0. The zero-order valence-electron chi connectivity index (χ0n) is 21.0. The van der Waals surface area contributed by atoms with Crippen LogP contribution in [0.5, 0.6) is 0 Å². The van der Waals surface area contributed by atoms with E-state index in [0.717, 1.165) is 31.8 Å². The van der Waals surface area contributed by atoms with E-state index in [1.807, 2.05) is 0 Å². The monoisotopic (exact) mass is 420 g/mol. The average Bonchev–Trinajstić information content (AvgIpc) is 2.68. The maximum Gasteiger partial charge on any atom is 0.0411 e. The Balaban J connectivity index is 2.08. The molecule has 2 nitrogen and oxygen atoms in total. The molecule has 2 heteroatoms. The number of hydrogen-bond donors (Lipinski definition) is 1. The Hall–Kier alpha value is -2.06. The largest absolute Gasteiger partial charge is 0.381 e. The molecule has 0 fully saturated rings. The van der Waals surface area contributed by atoms with E-state index in [-0.39, 0.29) is 0 Å². The molecule has 2 rings (SSSR count). The molecule has 170 valence electrons. The molecule has 0 aliphatic rings. The smallest absolute Gasteiger partial charge is 0.0411 e. The number of benzene rings is 2. The van der Waals surface area contributed by atoms with E-state index in [2.05, 4.69) is 108 Å². The van der Waals surface area contributed by atoms with Gasteiger partial charge in [-0.15, -0.1) is 0 Å². The molecule has 0 aliphatic carbocycles. The molecular weight excluding hydrogens is 376 g/mol. The van der Waals surface area contributed by atoms with Crippen molar-refractivity contribution in [3.05, 3.63) is 76.9 Å². The van der Waals surface area contributed by atoms with Crippen LogP contribution < -0.4 is 5.32 Å². The fraction of sp³-hybridized carbons (Fsp3) is 0.517. The first-order valence-electron chi connectivity index (χ1n) is 12.0. The fourth-order valence-electron chi connectivity index (χ4n) is 4.22. The maximum absolute atomic E-state index is 4.40. The molecule has 0 aromatic heterocycles. The number of nitrogens with one attached hydrogen (secondary N) is 1. The van der Waals surface area contributed by atoms with Crippen molar-refractivity contribution in [3.8, 4) is 0 Å². The summed E-state index contributed by atoms with van der Waals surface area (Å²) in [7, 11) is 0.